The molecule has 9 nitrogen and oxygen atoms in total. The molecule has 1 aromatic carbocycles. The van der Waals surface area contributed by atoms with Crippen molar-refractivity contribution in [2.75, 3.05) is 18.4 Å². The van der Waals surface area contributed by atoms with Crippen LogP contribution in [0.15, 0.2) is 41.3 Å². The van der Waals surface area contributed by atoms with E-state index < -0.39 is 22.0 Å². The van der Waals surface area contributed by atoms with Gasteiger partial charge in [-0.2, -0.15) is 4.72 Å². The largest absolute Gasteiger partial charge is 0.480 e. The first kappa shape index (κ1) is 25.6. The van der Waals surface area contributed by atoms with Crippen LogP contribution in [-0.4, -0.2) is 49.5 Å². The monoisotopic (exact) mass is 488 g/mol. The SMILES string of the molecule is Cc1ccc(S(=O)(=O)NC(CCNC(=O)CCCCc2ccc3c(n2)NCCC3)C(=O)O)cc1. The van der Waals surface area contributed by atoms with Gasteiger partial charge in [-0.15, -0.1) is 0 Å². The molecule has 2 aromatic rings. The van der Waals surface area contributed by atoms with Gasteiger partial charge in [-0.3, -0.25) is 9.59 Å². The number of carboxylic acids is 1. The topological polar surface area (TPSA) is 137 Å². The fourth-order valence-corrected chi connectivity index (χ4v) is 4.97. The number of nitrogens with zero attached hydrogens (tertiary/aromatic N) is 1. The highest BCUT2D eigenvalue weighted by Crippen LogP contribution is 2.20. The Morgan fingerprint density at radius 3 is 2.65 bits per heavy atom. The number of fused-ring (bicyclic) bond motifs is 1. The minimum atomic E-state index is -3.98. The van der Waals surface area contributed by atoms with Crippen molar-refractivity contribution in [2.45, 2.75) is 62.8 Å². The third kappa shape index (κ3) is 7.53. The Bertz CT molecular complexity index is 1100. The van der Waals surface area contributed by atoms with Crippen molar-refractivity contribution in [1.29, 1.82) is 0 Å². The number of nitrogens with one attached hydrogen (secondary N) is 3. The van der Waals surface area contributed by atoms with Crippen LogP contribution < -0.4 is 15.4 Å². The summed E-state index contributed by atoms with van der Waals surface area (Å²) in [5, 5.41) is 15.4. The predicted octanol–water partition coefficient (Wildman–Crippen LogP) is 2.40. The van der Waals surface area contributed by atoms with Crippen molar-refractivity contribution in [2.24, 2.45) is 0 Å². The molecule has 184 valence electrons. The number of pyridine rings is 1. The van der Waals surface area contributed by atoms with Crippen molar-refractivity contribution in [3.8, 4) is 0 Å². The molecular formula is C24H32N4O5S. The van der Waals surface area contributed by atoms with Crippen LogP contribution in [0.4, 0.5) is 5.82 Å². The maximum absolute atomic E-state index is 12.5. The number of hydrogen-bond acceptors (Lipinski definition) is 6. The van der Waals surface area contributed by atoms with Gasteiger partial charge in [-0.05, 0) is 69.2 Å². The van der Waals surface area contributed by atoms with E-state index in [1.54, 1.807) is 12.1 Å². The van der Waals surface area contributed by atoms with Gasteiger partial charge in [0, 0.05) is 25.2 Å². The highest BCUT2D eigenvalue weighted by atomic mass is 32.2. The number of unbranched alkanes of at least 4 members (excludes halogenated alkanes) is 1. The molecule has 2 heterocycles. The maximum atomic E-state index is 12.5. The quantitative estimate of drug-likeness (QED) is 0.337. The number of sulfonamides is 1. The average Bonchev–Trinajstić information content (AvgIpc) is 2.81. The van der Waals surface area contributed by atoms with Crippen molar-refractivity contribution in [1.82, 2.24) is 15.0 Å². The second-order valence-electron chi connectivity index (χ2n) is 8.51. The molecule has 0 aliphatic carbocycles. The molecule has 1 atom stereocenters. The van der Waals surface area contributed by atoms with Crippen LogP contribution in [0.3, 0.4) is 0 Å². The Kier molecular flexibility index (Phi) is 9.00. The molecule has 1 amide bonds. The molecule has 1 unspecified atom stereocenters. The second kappa shape index (κ2) is 11.9. The number of aryl methyl sites for hydroxylation is 3. The molecule has 4 N–H and O–H groups in total. The third-order valence-corrected chi connectivity index (χ3v) is 7.21. The second-order valence-corrected chi connectivity index (χ2v) is 10.2. The number of rotatable bonds is 12. The summed E-state index contributed by atoms with van der Waals surface area (Å²) < 4.78 is 27.1. The lowest BCUT2D eigenvalue weighted by atomic mass is 10.1. The van der Waals surface area contributed by atoms with Gasteiger partial charge in [0.15, 0.2) is 0 Å². The normalized spacial score (nSPS) is 14.0. The van der Waals surface area contributed by atoms with Crippen LogP contribution in [0.25, 0.3) is 0 Å². The summed E-state index contributed by atoms with van der Waals surface area (Å²) in [5.41, 5.74) is 3.14. The Hall–Kier alpha value is -2.98. The van der Waals surface area contributed by atoms with E-state index in [-0.39, 0.29) is 23.8 Å². The van der Waals surface area contributed by atoms with E-state index in [1.165, 1.54) is 17.7 Å². The summed E-state index contributed by atoms with van der Waals surface area (Å²) in [6, 6.07) is 8.95. The van der Waals surface area contributed by atoms with Crippen LogP contribution in [0, 0.1) is 6.92 Å². The standard InChI is InChI=1S/C24H32N4O5S/c1-17-8-12-20(13-9-17)34(32,33)28-21(24(30)31)14-16-25-22(29)7-3-2-6-19-11-10-18-5-4-15-26-23(18)27-19/h8-13,21,28H,2-7,14-16H2,1H3,(H,25,29)(H,26,27)(H,30,31). The molecule has 0 fully saturated rings. The van der Waals surface area contributed by atoms with E-state index in [1.807, 2.05) is 13.0 Å². The maximum Gasteiger partial charge on any atom is 0.321 e. The molecule has 0 spiro atoms. The molecule has 1 aromatic heterocycles. The first-order chi connectivity index (χ1) is 16.2. The van der Waals surface area contributed by atoms with Crippen molar-refractivity contribution in [3.05, 3.63) is 53.2 Å². The molecule has 1 aliphatic rings. The van der Waals surface area contributed by atoms with Crippen molar-refractivity contribution < 1.29 is 23.1 Å². The van der Waals surface area contributed by atoms with Gasteiger partial charge in [0.1, 0.15) is 11.9 Å². The number of benzene rings is 1. The van der Waals surface area contributed by atoms with Crippen LogP contribution in [0.5, 0.6) is 0 Å². The first-order valence-electron chi connectivity index (χ1n) is 11.6. The number of carboxylic acid groups (broad SMARTS) is 1. The van der Waals surface area contributed by atoms with Gasteiger partial charge in [0.2, 0.25) is 15.9 Å². The number of amides is 1. The summed E-state index contributed by atoms with van der Waals surface area (Å²) in [5.74, 6) is -0.518. The zero-order valence-electron chi connectivity index (χ0n) is 19.3. The fourth-order valence-electron chi connectivity index (χ4n) is 3.75. The smallest absolute Gasteiger partial charge is 0.321 e. The molecule has 1 aliphatic heterocycles. The number of aliphatic carboxylic acids is 1. The predicted molar refractivity (Wildman–Crippen MR) is 129 cm³/mol. The molecule has 0 saturated carbocycles. The van der Waals surface area contributed by atoms with E-state index in [9.17, 15) is 23.1 Å². The Balaban J connectivity index is 1.38. The summed E-state index contributed by atoms with van der Waals surface area (Å²) >= 11 is 0. The van der Waals surface area contributed by atoms with E-state index >= 15 is 0 Å². The van der Waals surface area contributed by atoms with Gasteiger partial charge >= 0.3 is 5.97 Å². The van der Waals surface area contributed by atoms with E-state index in [0.29, 0.717) is 12.8 Å². The summed E-state index contributed by atoms with van der Waals surface area (Å²) in [7, 11) is -3.98. The Morgan fingerprint density at radius 2 is 1.91 bits per heavy atom. The lowest BCUT2D eigenvalue weighted by Crippen LogP contribution is -2.43. The van der Waals surface area contributed by atoms with E-state index in [2.05, 4.69) is 26.4 Å². The van der Waals surface area contributed by atoms with Crippen LogP contribution in [-0.2, 0) is 32.5 Å². The molecule has 0 radical (unpaired) electrons. The highest BCUT2D eigenvalue weighted by molar-refractivity contribution is 7.89. The van der Waals surface area contributed by atoms with Gasteiger partial charge in [-0.25, -0.2) is 13.4 Å². The number of anilines is 1. The van der Waals surface area contributed by atoms with E-state index in [4.69, 9.17) is 0 Å². The van der Waals surface area contributed by atoms with Crippen molar-refractivity contribution >= 4 is 27.7 Å². The van der Waals surface area contributed by atoms with Gasteiger partial charge < -0.3 is 15.7 Å². The minimum absolute atomic E-state index is 0.00224. The average molecular weight is 489 g/mol. The zero-order valence-corrected chi connectivity index (χ0v) is 20.2. The first-order valence-corrected chi connectivity index (χ1v) is 13.0. The Labute approximate surface area is 200 Å². The van der Waals surface area contributed by atoms with Crippen LogP contribution >= 0.6 is 0 Å². The minimum Gasteiger partial charge on any atom is -0.480 e. The highest BCUT2D eigenvalue weighted by Gasteiger charge is 2.25. The van der Waals surface area contributed by atoms with Gasteiger partial charge in [-0.1, -0.05) is 23.8 Å². The zero-order chi connectivity index (χ0) is 24.6. The van der Waals surface area contributed by atoms with Gasteiger partial charge in [0.25, 0.3) is 0 Å². The number of carbonyl (C=O) groups excluding carboxylic acids is 1. The Morgan fingerprint density at radius 1 is 1.15 bits per heavy atom. The van der Waals surface area contributed by atoms with E-state index in [0.717, 1.165) is 49.3 Å². The molecule has 34 heavy (non-hydrogen) atoms. The molecule has 10 heteroatoms. The summed E-state index contributed by atoms with van der Waals surface area (Å²) in [4.78, 5) is 28.3. The summed E-state index contributed by atoms with van der Waals surface area (Å²) in [6.07, 6.45) is 4.70. The lowest BCUT2D eigenvalue weighted by molar-refractivity contribution is -0.139. The van der Waals surface area contributed by atoms with Crippen LogP contribution in [0.2, 0.25) is 0 Å². The van der Waals surface area contributed by atoms with Crippen molar-refractivity contribution in [3.63, 3.8) is 0 Å². The lowest BCUT2D eigenvalue weighted by Gasteiger charge is -2.17. The number of hydrogen-bond donors (Lipinski definition) is 4. The molecule has 0 bridgehead atoms. The third-order valence-electron chi connectivity index (χ3n) is 5.72. The van der Waals surface area contributed by atoms with Crippen LogP contribution in [0.1, 0.15) is 48.9 Å². The molecule has 0 saturated heterocycles. The molecular weight excluding hydrogens is 456 g/mol. The van der Waals surface area contributed by atoms with Gasteiger partial charge in [0.05, 0.1) is 4.90 Å². The summed E-state index contributed by atoms with van der Waals surface area (Å²) in [6.45, 7) is 2.83. The number of aromatic nitrogens is 1. The number of carbonyl (C=O) groups is 2. The molecule has 3 rings (SSSR count). The fraction of sp³-hybridized carbons (Fsp3) is 0.458.